The smallest absolute Gasteiger partial charge is 0.261 e. The molecule has 0 atom stereocenters. The molecule has 1 fully saturated rings. The maximum Gasteiger partial charge on any atom is 0.261 e. The minimum absolute atomic E-state index is 0.145. The van der Waals surface area contributed by atoms with Gasteiger partial charge < -0.3 is 14.1 Å². The summed E-state index contributed by atoms with van der Waals surface area (Å²) in [6, 6.07) is 3.59. The van der Waals surface area contributed by atoms with E-state index in [1.54, 1.807) is 6.07 Å². The number of hydrogen-bond donors (Lipinski definition) is 0. The molecule has 2 rings (SSSR count). The van der Waals surface area contributed by atoms with Gasteiger partial charge in [-0.1, -0.05) is 13.0 Å². The molecule has 0 bridgehead atoms. The first-order valence-corrected chi connectivity index (χ1v) is 7.88. The fourth-order valence-electron chi connectivity index (χ4n) is 2.67. The Hall–Kier alpha value is -1.55. The van der Waals surface area contributed by atoms with Gasteiger partial charge in [0.2, 0.25) is 0 Å². The third-order valence-corrected chi connectivity index (χ3v) is 3.80. The van der Waals surface area contributed by atoms with Gasteiger partial charge in [-0.2, -0.15) is 0 Å². The van der Waals surface area contributed by atoms with Crippen LogP contribution < -0.4 is 0 Å². The summed E-state index contributed by atoms with van der Waals surface area (Å²) in [6.07, 6.45) is 5.93. The molecule has 1 aromatic heterocycles. The number of ketones is 1. The van der Waals surface area contributed by atoms with E-state index in [0.717, 1.165) is 25.1 Å². The van der Waals surface area contributed by atoms with Gasteiger partial charge in [0.05, 0.1) is 6.61 Å². The first kappa shape index (κ1) is 15.8. The van der Waals surface area contributed by atoms with Crippen LogP contribution >= 0.6 is 0 Å². The Morgan fingerprint density at radius 1 is 1.33 bits per heavy atom. The number of Topliss-reactive ketones (excluding diaryl/α,β-unsaturated/α-hetero) is 1. The Bertz CT molecular complexity index is 472. The van der Waals surface area contributed by atoms with Crippen LogP contribution in [0.15, 0.2) is 28.9 Å². The second kappa shape index (κ2) is 8.03. The quantitative estimate of drug-likeness (QED) is 0.418. The number of piperidine rings is 1. The van der Waals surface area contributed by atoms with Crippen LogP contribution in [0.25, 0.3) is 0 Å². The molecule has 0 unspecified atom stereocenters. The lowest BCUT2D eigenvalue weighted by molar-refractivity contribution is 0.0900. The lowest BCUT2D eigenvalue weighted by atomic mass is 10.1. The molecule has 1 aromatic rings. The van der Waals surface area contributed by atoms with Crippen molar-refractivity contribution in [2.45, 2.75) is 39.0 Å². The lowest BCUT2D eigenvalue weighted by Gasteiger charge is -2.26. The summed E-state index contributed by atoms with van der Waals surface area (Å²) in [4.78, 5) is 14.5. The van der Waals surface area contributed by atoms with Gasteiger partial charge in [0, 0.05) is 6.42 Å². The molecule has 2 heterocycles. The Labute approximate surface area is 126 Å². The monoisotopic (exact) mass is 291 g/mol. The standard InChI is InChI=1S/C17H25NO3/c1-3-20-14(2)17(19)16-10-9-15(21-16)8-7-13-18-11-5-4-6-12-18/h9-10H,2-8,11-13H2,1H3. The van der Waals surface area contributed by atoms with Crippen molar-refractivity contribution < 1.29 is 13.9 Å². The number of nitrogens with zero attached hydrogens (tertiary/aromatic N) is 1. The highest BCUT2D eigenvalue weighted by atomic mass is 16.5. The highest BCUT2D eigenvalue weighted by molar-refractivity contribution is 6.04. The molecule has 1 aliphatic rings. The van der Waals surface area contributed by atoms with E-state index in [1.165, 1.54) is 32.4 Å². The van der Waals surface area contributed by atoms with Crippen LogP contribution in [0, 0.1) is 0 Å². The van der Waals surface area contributed by atoms with Crippen molar-refractivity contribution in [1.82, 2.24) is 4.90 Å². The van der Waals surface area contributed by atoms with Crippen molar-refractivity contribution >= 4 is 5.78 Å². The van der Waals surface area contributed by atoms with Gasteiger partial charge in [0.25, 0.3) is 5.78 Å². The summed E-state index contributed by atoms with van der Waals surface area (Å²) < 4.78 is 10.7. The van der Waals surface area contributed by atoms with E-state index in [4.69, 9.17) is 9.15 Å². The molecular formula is C17H25NO3. The summed E-state index contributed by atoms with van der Waals surface area (Å²) in [5.74, 6) is 1.06. The second-order valence-electron chi connectivity index (χ2n) is 5.46. The summed E-state index contributed by atoms with van der Waals surface area (Å²) in [6.45, 7) is 9.42. The minimum atomic E-state index is -0.265. The van der Waals surface area contributed by atoms with Crippen molar-refractivity contribution in [2.24, 2.45) is 0 Å². The fourth-order valence-corrected chi connectivity index (χ4v) is 2.67. The zero-order chi connectivity index (χ0) is 15.1. The highest BCUT2D eigenvalue weighted by Gasteiger charge is 2.16. The molecule has 0 spiro atoms. The predicted molar refractivity (Wildman–Crippen MR) is 82.4 cm³/mol. The first-order valence-electron chi connectivity index (χ1n) is 7.88. The van der Waals surface area contributed by atoms with Crippen LogP contribution in [-0.4, -0.2) is 36.9 Å². The van der Waals surface area contributed by atoms with Crippen molar-refractivity contribution in [1.29, 1.82) is 0 Å². The average Bonchev–Trinajstić information content (AvgIpc) is 2.96. The first-order chi connectivity index (χ1) is 10.2. The Kier molecular flexibility index (Phi) is 6.05. The van der Waals surface area contributed by atoms with Gasteiger partial charge >= 0.3 is 0 Å². The Morgan fingerprint density at radius 2 is 2.10 bits per heavy atom. The van der Waals surface area contributed by atoms with Gasteiger partial charge in [0.1, 0.15) is 5.76 Å². The number of carbonyl (C=O) groups is 1. The molecule has 0 aliphatic carbocycles. The molecule has 0 aromatic carbocycles. The number of furan rings is 1. The zero-order valence-corrected chi connectivity index (χ0v) is 12.9. The van der Waals surface area contributed by atoms with Crippen LogP contribution in [0.5, 0.6) is 0 Å². The van der Waals surface area contributed by atoms with Crippen molar-refractivity contribution in [3.8, 4) is 0 Å². The zero-order valence-electron chi connectivity index (χ0n) is 12.9. The summed E-state index contributed by atoms with van der Waals surface area (Å²) in [5.41, 5.74) is 0. The maximum absolute atomic E-state index is 11.9. The van der Waals surface area contributed by atoms with Crippen LogP contribution in [-0.2, 0) is 11.2 Å². The van der Waals surface area contributed by atoms with E-state index in [2.05, 4.69) is 11.5 Å². The number of rotatable bonds is 8. The number of likely N-dealkylation sites (tertiary alicyclic amines) is 1. The number of carbonyl (C=O) groups excluding carboxylic acids is 1. The number of aryl methyl sites for hydroxylation is 1. The molecular weight excluding hydrogens is 266 g/mol. The topological polar surface area (TPSA) is 42.7 Å². The third-order valence-electron chi connectivity index (χ3n) is 3.80. The fraction of sp³-hybridized carbons (Fsp3) is 0.588. The number of ether oxygens (including phenoxy) is 1. The second-order valence-corrected chi connectivity index (χ2v) is 5.46. The number of hydrogen-bond acceptors (Lipinski definition) is 4. The van der Waals surface area contributed by atoms with E-state index < -0.39 is 0 Å². The third kappa shape index (κ3) is 4.74. The van der Waals surface area contributed by atoms with E-state index in [-0.39, 0.29) is 11.5 Å². The molecule has 0 saturated carbocycles. The summed E-state index contributed by atoms with van der Waals surface area (Å²) in [7, 11) is 0. The van der Waals surface area contributed by atoms with Crippen LogP contribution in [0.3, 0.4) is 0 Å². The van der Waals surface area contributed by atoms with Crippen molar-refractivity contribution in [3.05, 3.63) is 36.0 Å². The Balaban J connectivity index is 1.77. The molecule has 21 heavy (non-hydrogen) atoms. The van der Waals surface area contributed by atoms with Crippen molar-refractivity contribution in [3.63, 3.8) is 0 Å². The van der Waals surface area contributed by atoms with Gasteiger partial charge in [-0.05, 0) is 58.0 Å². The average molecular weight is 291 g/mol. The molecule has 4 nitrogen and oxygen atoms in total. The van der Waals surface area contributed by atoms with Gasteiger partial charge in [0.15, 0.2) is 11.5 Å². The van der Waals surface area contributed by atoms with Crippen LogP contribution in [0.1, 0.15) is 48.9 Å². The molecule has 0 N–H and O–H groups in total. The largest absolute Gasteiger partial charge is 0.490 e. The van der Waals surface area contributed by atoms with Crippen molar-refractivity contribution in [2.75, 3.05) is 26.2 Å². The summed E-state index contributed by atoms with van der Waals surface area (Å²) >= 11 is 0. The van der Waals surface area contributed by atoms with E-state index >= 15 is 0 Å². The van der Waals surface area contributed by atoms with Gasteiger partial charge in [-0.15, -0.1) is 0 Å². The van der Waals surface area contributed by atoms with E-state index in [9.17, 15) is 4.79 Å². The predicted octanol–water partition coefficient (Wildman–Crippen LogP) is 3.43. The molecule has 1 saturated heterocycles. The molecule has 0 amide bonds. The van der Waals surface area contributed by atoms with Crippen LogP contribution in [0.4, 0.5) is 0 Å². The SMILES string of the molecule is C=C(OCC)C(=O)c1ccc(CCCN2CCCCC2)o1. The van der Waals surface area contributed by atoms with Gasteiger partial charge in [-0.25, -0.2) is 0 Å². The van der Waals surface area contributed by atoms with E-state index in [0.29, 0.717) is 12.4 Å². The molecule has 116 valence electrons. The maximum atomic E-state index is 11.9. The molecule has 0 radical (unpaired) electrons. The van der Waals surface area contributed by atoms with Crippen LogP contribution in [0.2, 0.25) is 0 Å². The minimum Gasteiger partial charge on any atom is -0.490 e. The molecule has 1 aliphatic heterocycles. The van der Waals surface area contributed by atoms with Gasteiger partial charge in [-0.3, -0.25) is 4.79 Å². The normalized spacial score (nSPS) is 15.9. The summed E-state index contributed by atoms with van der Waals surface area (Å²) in [5, 5.41) is 0. The lowest BCUT2D eigenvalue weighted by Crippen LogP contribution is -2.30. The Morgan fingerprint density at radius 3 is 2.81 bits per heavy atom. The molecule has 4 heteroatoms. The number of allylic oxidation sites excluding steroid dienone is 1. The highest BCUT2D eigenvalue weighted by Crippen LogP contribution is 2.15. The van der Waals surface area contributed by atoms with E-state index in [1.807, 2.05) is 13.0 Å².